The fraction of sp³-hybridized carbons (Fsp3) is 0. The quantitative estimate of drug-likeness (QED) is 0.668. The number of para-hydroxylation sites is 1. The van der Waals surface area contributed by atoms with E-state index in [2.05, 4.69) is 15.3 Å². The van der Waals surface area contributed by atoms with E-state index < -0.39 is 11.5 Å². The van der Waals surface area contributed by atoms with Crippen LogP contribution < -0.4 is 10.9 Å². The Morgan fingerprint density at radius 1 is 1.24 bits per heavy atom. The van der Waals surface area contributed by atoms with Crippen molar-refractivity contribution in [3.05, 3.63) is 64.7 Å². The molecule has 0 bridgehead atoms. The van der Waals surface area contributed by atoms with E-state index in [-0.39, 0.29) is 11.3 Å². The van der Waals surface area contributed by atoms with E-state index in [1.54, 1.807) is 18.3 Å². The lowest BCUT2D eigenvalue weighted by molar-refractivity contribution is 0.102. The van der Waals surface area contributed by atoms with Crippen molar-refractivity contribution in [2.24, 2.45) is 0 Å². The van der Waals surface area contributed by atoms with Crippen molar-refractivity contribution in [3.8, 4) is 5.75 Å². The number of nitrogens with zero attached hydrogens (tertiary/aromatic N) is 1. The number of aromatic nitrogens is 2. The van der Waals surface area contributed by atoms with E-state index in [0.29, 0.717) is 11.2 Å². The Morgan fingerprint density at radius 2 is 2.05 bits per heavy atom. The van der Waals surface area contributed by atoms with Crippen LogP contribution in [0.25, 0.3) is 10.9 Å². The van der Waals surface area contributed by atoms with Gasteiger partial charge in [-0.3, -0.25) is 14.6 Å². The van der Waals surface area contributed by atoms with Gasteiger partial charge in [-0.05, 0) is 12.1 Å². The average Bonchev–Trinajstić information content (AvgIpc) is 2.47. The molecule has 6 heteroatoms. The van der Waals surface area contributed by atoms with Crippen LogP contribution >= 0.6 is 0 Å². The van der Waals surface area contributed by atoms with Crippen molar-refractivity contribution in [2.45, 2.75) is 0 Å². The first-order valence-corrected chi connectivity index (χ1v) is 6.22. The van der Waals surface area contributed by atoms with E-state index in [0.717, 1.165) is 11.5 Å². The smallest absolute Gasteiger partial charge is 0.260 e. The molecule has 0 spiro atoms. The summed E-state index contributed by atoms with van der Waals surface area (Å²) in [6.07, 6.45) is 2.81. The largest absolute Gasteiger partial charge is 0.507 e. The van der Waals surface area contributed by atoms with Crippen molar-refractivity contribution in [3.63, 3.8) is 0 Å². The average molecular weight is 281 g/mol. The predicted molar refractivity (Wildman–Crippen MR) is 78.4 cm³/mol. The molecule has 1 aromatic carbocycles. The summed E-state index contributed by atoms with van der Waals surface area (Å²) in [5, 5.41) is 13.2. The Morgan fingerprint density at radius 3 is 2.86 bits per heavy atom. The van der Waals surface area contributed by atoms with Crippen LogP contribution in [0.5, 0.6) is 5.75 Å². The zero-order valence-electron chi connectivity index (χ0n) is 10.8. The molecule has 0 atom stereocenters. The number of anilines is 1. The van der Waals surface area contributed by atoms with E-state index in [1.165, 1.54) is 6.20 Å². The van der Waals surface area contributed by atoms with Gasteiger partial charge in [-0.15, -0.1) is 0 Å². The third-order valence-electron chi connectivity index (χ3n) is 3.03. The molecule has 0 saturated carbocycles. The number of hydrogen-bond donors (Lipinski definition) is 3. The Balaban J connectivity index is 1.98. The molecule has 0 radical (unpaired) electrons. The standard InChI is InChI=1S/C15H11N3O3/c19-12-7-13(20)17-8-10(12)15(21)18-11-5-1-3-9-4-2-6-16-14(9)11/h1-8H,(H,18,21)(H2,17,19,20). The topological polar surface area (TPSA) is 95.1 Å². The lowest BCUT2D eigenvalue weighted by atomic mass is 10.2. The van der Waals surface area contributed by atoms with Gasteiger partial charge in [0.15, 0.2) is 0 Å². The summed E-state index contributed by atoms with van der Waals surface area (Å²) in [5.41, 5.74) is 0.694. The summed E-state index contributed by atoms with van der Waals surface area (Å²) >= 11 is 0. The second-order valence-corrected chi connectivity index (χ2v) is 4.43. The fourth-order valence-electron chi connectivity index (χ4n) is 2.04. The highest BCUT2D eigenvalue weighted by molar-refractivity contribution is 6.09. The first-order chi connectivity index (χ1) is 10.1. The third-order valence-corrected chi connectivity index (χ3v) is 3.03. The Bertz CT molecular complexity index is 881. The van der Waals surface area contributed by atoms with Crippen molar-refractivity contribution in [1.29, 1.82) is 0 Å². The fourth-order valence-corrected chi connectivity index (χ4v) is 2.04. The van der Waals surface area contributed by atoms with Crippen LogP contribution in [0.15, 0.2) is 53.6 Å². The Labute approximate surface area is 119 Å². The molecule has 0 aliphatic heterocycles. The molecule has 6 nitrogen and oxygen atoms in total. The molecular weight excluding hydrogens is 270 g/mol. The third kappa shape index (κ3) is 2.46. The molecule has 0 aliphatic carbocycles. The van der Waals surface area contributed by atoms with Gasteiger partial charge < -0.3 is 15.4 Å². The zero-order valence-corrected chi connectivity index (χ0v) is 10.8. The Kier molecular flexibility index (Phi) is 3.12. The molecule has 0 saturated heterocycles. The second-order valence-electron chi connectivity index (χ2n) is 4.43. The lowest BCUT2D eigenvalue weighted by Crippen LogP contribution is -2.15. The molecule has 3 aromatic rings. The molecule has 104 valence electrons. The number of benzene rings is 1. The number of hydrogen-bond acceptors (Lipinski definition) is 4. The van der Waals surface area contributed by atoms with E-state index in [1.807, 2.05) is 18.2 Å². The first kappa shape index (κ1) is 12.9. The number of H-pyrrole nitrogens is 1. The monoisotopic (exact) mass is 281 g/mol. The molecule has 0 unspecified atom stereocenters. The predicted octanol–water partition coefficient (Wildman–Crippen LogP) is 1.88. The second kappa shape index (κ2) is 5.09. The van der Waals surface area contributed by atoms with Crippen LogP contribution in [-0.2, 0) is 0 Å². The summed E-state index contributed by atoms with van der Waals surface area (Å²) in [6, 6.07) is 10.0. The van der Waals surface area contributed by atoms with Crippen molar-refractivity contribution >= 4 is 22.5 Å². The van der Waals surface area contributed by atoms with Gasteiger partial charge in [0.2, 0.25) is 0 Å². The van der Waals surface area contributed by atoms with Gasteiger partial charge in [-0.25, -0.2) is 0 Å². The normalized spacial score (nSPS) is 10.5. The van der Waals surface area contributed by atoms with Crippen molar-refractivity contribution in [2.75, 3.05) is 5.32 Å². The highest BCUT2D eigenvalue weighted by Gasteiger charge is 2.13. The SMILES string of the molecule is O=C(Nc1cccc2cccnc12)c1c[nH]c(=O)cc1O. The van der Waals surface area contributed by atoms with Crippen molar-refractivity contribution in [1.82, 2.24) is 9.97 Å². The zero-order chi connectivity index (χ0) is 14.8. The maximum atomic E-state index is 12.2. The summed E-state index contributed by atoms with van der Waals surface area (Å²) in [7, 11) is 0. The molecule has 21 heavy (non-hydrogen) atoms. The first-order valence-electron chi connectivity index (χ1n) is 6.22. The van der Waals surface area contributed by atoms with Crippen LogP contribution in [0.4, 0.5) is 5.69 Å². The van der Waals surface area contributed by atoms with Gasteiger partial charge >= 0.3 is 0 Å². The number of aromatic amines is 1. The van der Waals surface area contributed by atoms with Gasteiger partial charge in [0.05, 0.1) is 16.8 Å². The van der Waals surface area contributed by atoms with E-state index in [4.69, 9.17) is 0 Å². The Hall–Kier alpha value is -3.15. The highest BCUT2D eigenvalue weighted by atomic mass is 16.3. The van der Waals surface area contributed by atoms with Gasteiger partial charge in [0, 0.05) is 23.8 Å². The summed E-state index contributed by atoms with van der Waals surface area (Å²) in [5.74, 6) is -0.897. The highest BCUT2D eigenvalue weighted by Crippen LogP contribution is 2.22. The summed E-state index contributed by atoms with van der Waals surface area (Å²) in [4.78, 5) is 29.8. The molecule has 3 rings (SSSR count). The molecule has 2 aromatic heterocycles. The molecule has 3 N–H and O–H groups in total. The maximum absolute atomic E-state index is 12.2. The molecule has 1 amide bonds. The molecular formula is C15H11N3O3. The van der Waals surface area contributed by atoms with Crippen LogP contribution in [0.2, 0.25) is 0 Å². The van der Waals surface area contributed by atoms with Gasteiger partial charge in [-0.2, -0.15) is 0 Å². The number of amides is 1. The minimum Gasteiger partial charge on any atom is -0.507 e. The minimum absolute atomic E-state index is 0.0115. The molecule has 2 heterocycles. The summed E-state index contributed by atoms with van der Waals surface area (Å²) < 4.78 is 0. The number of rotatable bonds is 2. The van der Waals surface area contributed by atoms with Gasteiger partial charge in [0.25, 0.3) is 11.5 Å². The minimum atomic E-state index is -0.526. The summed E-state index contributed by atoms with van der Waals surface area (Å²) in [6.45, 7) is 0. The number of nitrogens with one attached hydrogen (secondary N) is 2. The van der Waals surface area contributed by atoms with Gasteiger partial charge in [0.1, 0.15) is 5.75 Å². The molecule has 0 fully saturated rings. The maximum Gasteiger partial charge on any atom is 0.260 e. The number of carbonyl (C=O) groups excluding carboxylic acids is 1. The lowest BCUT2D eigenvalue weighted by Gasteiger charge is -2.08. The van der Waals surface area contributed by atoms with E-state index in [9.17, 15) is 14.7 Å². The van der Waals surface area contributed by atoms with Crippen LogP contribution in [-0.4, -0.2) is 21.0 Å². The molecule has 0 aliphatic rings. The van der Waals surface area contributed by atoms with E-state index >= 15 is 0 Å². The van der Waals surface area contributed by atoms with Crippen LogP contribution in [0.3, 0.4) is 0 Å². The van der Waals surface area contributed by atoms with Crippen molar-refractivity contribution < 1.29 is 9.90 Å². The van der Waals surface area contributed by atoms with Gasteiger partial charge in [-0.1, -0.05) is 18.2 Å². The van der Waals surface area contributed by atoms with Crippen LogP contribution in [0, 0.1) is 0 Å². The number of pyridine rings is 2. The number of aromatic hydroxyl groups is 1. The van der Waals surface area contributed by atoms with Crippen LogP contribution in [0.1, 0.15) is 10.4 Å². The number of fused-ring (bicyclic) bond motifs is 1. The number of carbonyl (C=O) groups is 1.